The molecule has 8 heteroatoms. The molecule has 0 aromatic carbocycles. The van der Waals surface area contributed by atoms with E-state index in [-0.39, 0.29) is 9.47 Å². The summed E-state index contributed by atoms with van der Waals surface area (Å²) in [5.74, 6) is 0.921. The molecule has 17 heavy (non-hydrogen) atoms. The first kappa shape index (κ1) is 12.7. The number of nitrogens with zero attached hydrogens (tertiary/aromatic N) is 3. The van der Waals surface area contributed by atoms with E-state index < -0.39 is 10.0 Å². The van der Waals surface area contributed by atoms with Crippen molar-refractivity contribution in [1.82, 2.24) is 14.5 Å². The molecular formula is C9H16N4O2S2. The van der Waals surface area contributed by atoms with Crippen molar-refractivity contribution in [3.63, 3.8) is 0 Å². The normalized spacial score (nSPS) is 27.2. The molecular weight excluding hydrogens is 260 g/mol. The molecule has 2 rings (SSSR count). The molecule has 2 heterocycles. The number of aromatic nitrogens is 2. The highest BCUT2D eigenvalue weighted by Crippen LogP contribution is 2.28. The van der Waals surface area contributed by atoms with Crippen molar-refractivity contribution in [3.05, 3.63) is 0 Å². The third kappa shape index (κ3) is 2.43. The van der Waals surface area contributed by atoms with E-state index in [2.05, 4.69) is 24.0 Å². The Balaban J connectivity index is 2.22. The number of nitrogens with two attached hydrogens (primary N) is 1. The Hall–Kier alpha value is -0.730. The maximum atomic E-state index is 12.2. The highest BCUT2D eigenvalue weighted by Gasteiger charge is 2.33. The van der Waals surface area contributed by atoms with E-state index in [1.54, 1.807) is 0 Å². The number of nitrogen functional groups attached to an aromatic ring is 1. The van der Waals surface area contributed by atoms with Crippen LogP contribution < -0.4 is 5.73 Å². The maximum absolute atomic E-state index is 12.2. The van der Waals surface area contributed by atoms with Gasteiger partial charge in [-0.15, -0.1) is 10.2 Å². The molecule has 1 aliphatic rings. The Labute approximate surface area is 105 Å². The van der Waals surface area contributed by atoms with Crippen LogP contribution in [-0.2, 0) is 10.0 Å². The van der Waals surface area contributed by atoms with Gasteiger partial charge in [0.05, 0.1) is 0 Å². The van der Waals surface area contributed by atoms with Gasteiger partial charge in [0.15, 0.2) is 0 Å². The van der Waals surface area contributed by atoms with Crippen LogP contribution in [0.1, 0.15) is 20.3 Å². The highest BCUT2D eigenvalue weighted by molar-refractivity contribution is 7.91. The molecule has 0 aliphatic carbocycles. The smallest absolute Gasteiger partial charge is 0.272 e. The quantitative estimate of drug-likeness (QED) is 0.862. The Bertz CT molecular complexity index is 499. The Morgan fingerprint density at radius 1 is 1.35 bits per heavy atom. The summed E-state index contributed by atoms with van der Waals surface area (Å²) in [6.45, 7) is 5.31. The topological polar surface area (TPSA) is 89.2 Å². The van der Waals surface area contributed by atoms with Crippen LogP contribution in [0.15, 0.2) is 4.34 Å². The molecule has 1 aromatic heterocycles. The van der Waals surface area contributed by atoms with Gasteiger partial charge in [0.2, 0.25) is 9.47 Å². The second-order valence-electron chi connectivity index (χ2n) is 4.51. The number of piperidine rings is 1. The summed E-state index contributed by atoms with van der Waals surface area (Å²) in [6.07, 6.45) is 0.884. The summed E-state index contributed by atoms with van der Waals surface area (Å²) in [4.78, 5) is 0. The van der Waals surface area contributed by atoms with Crippen LogP contribution in [0, 0.1) is 11.8 Å². The molecule has 2 atom stereocenters. The van der Waals surface area contributed by atoms with E-state index >= 15 is 0 Å². The van der Waals surface area contributed by atoms with E-state index in [1.807, 2.05) is 0 Å². The number of rotatable bonds is 2. The summed E-state index contributed by atoms with van der Waals surface area (Å²) in [6, 6.07) is 0. The summed E-state index contributed by atoms with van der Waals surface area (Å²) in [5.41, 5.74) is 5.42. The molecule has 1 fully saturated rings. The predicted octanol–water partition coefficient (Wildman–Crippen LogP) is 0.787. The molecule has 1 saturated heterocycles. The van der Waals surface area contributed by atoms with Crippen molar-refractivity contribution in [2.75, 3.05) is 18.8 Å². The third-order valence-corrected chi connectivity index (χ3v) is 6.24. The minimum atomic E-state index is -3.50. The molecule has 0 radical (unpaired) electrons. The Morgan fingerprint density at radius 3 is 2.59 bits per heavy atom. The van der Waals surface area contributed by atoms with E-state index in [0.717, 1.165) is 17.8 Å². The molecule has 1 aromatic rings. The molecule has 0 spiro atoms. The van der Waals surface area contributed by atoms with Gasteiger partial charge in [-0.25, -0.2) is 8.42 Å². The molecule has 0 bridgehead atoms. The lowest BCUT2D eigenvalue weighted by atomic mass is 9.90. The molecule has 1 aliphatic heterocycles. The third-order valence-electron chi connectivity index (χ3n) is 3.28. The van der Waals surface area contributed by atoms with Gasteiger partial charge in [-0.2, -0.15) is 4.31 Å². The first-order valence-electron chi connectivity index (χ1n) is 5.50. The zero-order valence-corrected chi connectivity index (χ0v) is 11.5. The Morgan fingerprint density at radius 2 is 2.06 bits per heavy atom. The molecule has 0 saturated carbocycles. The van der Waals surface area contributed by atoms with Gasteiger partial charge < -0.3 is 5.73 Å². The first-order valence-corrected chi connectivity index (χ1v) is 7.76. The van der Waals surface area contributed by atoms with Crippen molar-refractivity contribution in [3.8, 4) is 0 Å². The van der Waals surface area contributed by atoms with Gasteiger partial charge in [-0.1, -0.05) is 25.2 Å². The second kappa shape index (κ2) is 4.51. The van der Waals surface area contributed by atoms with Crippen LogP contribution in [0.2, 0.25) is 0 Å². The van der Waals surface area contributed by atoms with Gasteiger partial charge in [-0.05, 0) is 18.3 Å². The van der Waals surface area contributed by atoms with Crippen LogP contribution in [0.4, 0.5) is 5.13 Å². The monoisotopic (exact) mass is 276 g/mol. The zero-order chi connectivity index (χ0) is 12.6. The average Bonchev–Trinajstić information content (AvgIpc) is 2.69. The van der Waals surface area contributed by atoms with Crippen molar-refractivity contribution in [2.45, 2.75) is 24.6 Å². The predicted molar refractivity (Wildman–Crippen MR) is 66.0 cm³/mol. The summed E-state index contributed by atoms with van der Waals surface area (Å²) >= 11 is 0.916. The molecule has 96 valence electrons. The summed E-state index contributed by atoms with van der Waals surface area (Å²) in [5, 5.41) is 7.36. The van der Waals surface area contributed by atoms with Crippen molar-refractivity contribution in [1.29, 1.82) is 0 Å². The number of anilines is 1. The van der Waals surface area contributed by atoms with Crippen LogP contribution in [0.5, 0.6) is 0 Å². The van der Waals surface area contributed by atoms with Gasteiger partial charge in [0.1, 0.15) is 0 Å². The molecule has 2 N–H and O–H groups in total. The van der Waals surface area contributed by atoms with Gasteiger partial charge >= 0.3 is 0 Å². The fraction of sp³-hybridized carbons (Fsp3) is 0.778. The van der Waals surface area contributed by atoms with E-state index in [0.29, 0.717) is 24.9 Å². The second-order valence-corrected chi connectivity index (χ2v) is 7.63. The molecule has 6 nitrogen and oxygen atoms in total. The standard InChI is InChI=1S/C9H16N4O2S2/c1-6-3-4-13(5-7(6)2)17(14,15)9-12-11-8(10)16-9/h6-7H,3-5H2,1-2H3,(H2,10,11). The number of hydrogen-bond acceptors (Lipinski definition) is 6. The summed E-state index contributed by atoms with van der Waals surface area (Å²) < 4.78 is 25.9. The summed E-state index contributed by atoms with van der Waals surface area (Å²) in [7, 11) is -3.50. The van der Waals surface area contributed by atoms with E-state index in [4.69, 9.17) is 5.73 Å². The van der Waals surface area contributed by atoms with Crippen molar-refractivity contribution in [2.24, 2.45) is 11.8 Å². The maximum Gasteiger partial charge on any atom is 0.272 e. The fourth-order valence-corrected chi connectivity index (χ4v) is 4.36. The minimum absolute atomic E-state index is 0.00301. The van der Waals surface area contributed by atoms with Crippen LogP contribution in [-0.4, -0.2) is 36.0 Å². The van der Waals surface area contributed by atoms with E-state index in [1.165, 1.54) is 4.31 Å². The van der Waals surface area contributed by atoms with Gasteiger partial charge in [-0.3, -0.25) is 0 Å². The number of hydrogen-bond donors (Lipinski definition) is 1. The lowest BCUT2D eigenvalue weighted by molar-refractivity contribution is 0.212. The van der Waals surface area contributed by atoms with Crippen LogP contribution >= 0.6 is 11.3 Å². The lowest BCUT2D eigenvalue weighted by Gasteiger charge is -2.33. The minimum Gasteiger partial charge on any atom is -0.374 e. The molecule has 0 amide bonds. The zero-order valence-electron chi connectivity index (χ0n) is 9.83. The van der Waals surface area contributed by atoms with Crippen LogP contribution in [0.3, 0.4) is 0 Å². The lowest BCUT2D eigenvalue weighted by Crippen LogP contribution is -2.42. The first-order chi connectivity index (χ1) is 7.91. The fourth-order valence-electron chi connectivity index (χ4n) is 1.88. The molecule has 2 unspecified atom stereocenters. The largest absolute Gasteiger partial charge is 0.374 e. The average molecular weight is 276 g/mol. The van der Waals surface area contributed by atoms with Crippen molar-refractivity contribution >= 4 is 26.5 Å². The SMILES string of the molecule is CC1CCN(S(=O)(=O)c2nnc(N)s2)CC1C. The van der Waals surface area contributed by atoms with E-state index in [9.17, 15) is 8.42 Å². The number of sulfonamides is 1. The highest BCUT2D eigenvalue weighted by atomic mass is 32.2. The van der Waals surface area contributed by atoms with Crippen molar-refractivity contribution < 1.29 is 8.42 Å². The van der Waals surface area contributed by atoms with Gasteiger partial charge in [0.25, 0.3) is 10.0 Å². The Kier molecular flexibility index (Phi) is 3.37. The van der Waals surface area contributed by atoms with Crippen LogP contribution in [0.25, 0.3) is 0 Å². The van der Waals surface area contributed by atoms with Gasteiger partial charge in [0, 0.05) is 13.1 Å².